The summed E-state index contributed by atoms with van der Waals surface area (Å²) in [7, 11) is 0. The third-order valence-corrected chi connectivity index (χ3v) is 3.78. The molecule has 2 atom stereocenters. The standard InChI is InChI=1S/C19H31N/c1-8-18(20-15(3)13-19(5,6)7)16(4)17-11-9-14(2)10-12-17/h9-12,16,18,20H,3,8,13H2,1-2,4-7H3/t16?,18-/m0/s1. The van der Waals surface area contributed by atoms with Crippen LogP contribution in [0.4, 0.5) is 0 Å². The lowest BCUT2D eigenvalue weighted by molar-refractivity contribution is 0.379. The predicted octanol–water partition coefficient (Wildman–Crippen LogP) is 5.42. The summed E-state index contributed by atoms with van der Waals surface area (Å²) in [6.07, 6.45) is 2.13. The smallest absolute Gasteiger partial charge is 0.0321 e. The summed E-state index contributed by atoms with van der Waals surface area (Å²) >= 11 is 0. The number of hydrogen-bond donors (Lipinski definition) is 1. The van der Waals surface area contributed by atoms with Crippen LogP contribution in [-0.2, 0) is 0 Å². The van der Waals surface area contributed by atoms with Crippen molar-refractivity contribution < 1.29 is 0 Å². The second kappa shape index (κ2) is 6.97. The highest BCUT2D eigenvalue weighted by atomic mass is 14.9. The largest absolute Gasteiger partial charge is 0.385 e. The molecule has 112 valence electrons. The van der Waals surface area contributed by atoms with Crippen molar-refractivity contribution in [2.45, 2.75) is 66.3 Å². The lowest BCUT2D eigenvalue weighted by atomic mass is 9.88. The van der Waals surface area contributed by atoms with Gasteiger partial charge in [0, 0.05) is 17.7 Å². The Bertz CT molecular complexity index is 422. The minimum Gasteiger partial charge on any atom is -0.385 e. The van der Waals surface area contributed by atoms with Gasteiger partial charge in [-0.1, -0.05) is 71.0 Å². The van der Waals surface area contributed by atoms with Crippen LogP contribution in [0.25, 0.3) is 0 Å². The first-order valence-electron chi connectivity index (χ1n) is 7.74. The molecule has 0 aliphatic carbocycles. The highest BCUT2D eigenvalue weighted by Gasteiger charge is 2.19. The monoisotopic (exact) mass is 273 g/mol. The third kappa shape index (κ3) is 5.40. The van der Waals surface area contributed by atoms with Crippen molar-refractivity contribution in [3.05, 3.63) is 47.7 Å². The predicted molar refractivity (Wildman–Crippen MR) is 90.0 cm³/mol. The molecule has 0 aliphatic rings. The number of benzene rings is 1. The number of allylic oxidation sites excluding steroid dienone is 1. The third-order valence-electron chi connectivity index (χ3n) is 3.78. The van der Waals surface area contributed by atoms with Gasteiger partial charge < -0.3 is 5.32 Å². The van der Waals surface area contributed by atoms with Crippen LogP contribution in [0, 0.1) is 12.3 Å². The van der Waals surface area contributed by atoms with E-state index < -0.39 is 0 Å². The van der Waals surface area contributed by atoms with Crippen molar-refractivity contribution in [2.75, 3.05) is 0 Å². The van der Waals surface area contributed by atoms with E-state index in [-0.39, 0.29) is 5.41 Å². The van der Waals surface area contributed by atoms with Crippen LogP contribution in [0.1, 0.15) is 64.5 Å². The molecule has 0 saturated carbocycles. The Morgan fingerprint density at radius 2 is 1.75 bits per heavy atom. The molecule has 0 spiro atoms. The Kier molecular flexibility index (Phi) is 5.86. The van der Waals surface area contributed by atoms with Crippen LogP contribution in [0.2, 0.25) is 0 Å². The van der Waals surface area contributed by atoms with Crippen LogP contribution in [-0.4, -0.2) is 6.04 Å². The van der Waals surface area contributed by atoms with Crippen LogP contribution < -0.4 is 5.32 Å². The summed E-state index contributed by atoms with van der Waals surface area (Å²) in [6, 6.07) is 9.34. The lowest BCUT2D eigenvalue weighted by Crippen LogP contribution is -2.33. The van der Waals surface area contributed by atoms with Crippen molar-refractivity contribution in [1.29, 1.82) is 0 Å². The lowest BCUT2D eigenvalue weighted by Gasteiger charge is -2.29. The molecule has 0 aliphatic heterocycles. The summed E-state index contributed by atoms with van der Waals surface area (Å²) in [6.45, 7) is 17.6. The molecule has 0 amide bonds. The van der Waals surface area contributed by atoms with E-state index in [2.05, 4.69) is 77.7 Å². The van der Waals surface area contributed by atoms with Gasteiger partial charge in [-0.2, -0.15) is 0 Å². The molecule has 1 aromatic carbocycles. The van der Waals surface area contributed by atoms with Crippen molar-refractivity contribution >= 4 is 0 Å². The van der Waals surface area contributed by atoms with E-state index in [9.17, 15) is 0 Å². The minimum atomic E-state index is 0.287. The fourth-order valence-electron chi connectivity index (χ4n) is 2.64. The van der Waals surface area contributed by atoms with E-state index in [0.29, 0.717) is 12.0 Å². The summed E-state index contributed by atoms with van der Waals surface area (Å²) in [4.78, 5) is 0. The van der Waals surface area contributed by atoms with E-state index in [0.717, 1.165) is 18.5 Å². The fourth-order valence-corrected chi connectivity index (χ4v) is 2.64. The van der Waals surface area contributed by atoms with Gasteiger partial charge in [-0.15, -0.1) is 0 Å². The number of nitrogens with one attached hydrogen (secondary N) is 1. The summed E-state index contributed by atoms with van der Waals surface area (Å²) in [5.41, 5.74) is 4.16. The van der Waals surface area contributed by atoms with Crippen molar-refractivity contribution in [3.8, 4) is 0 Å². The van der Waals surface area contributed by atoms with Crippen molar-refractivity contribution in [1.82, 2.24) is 5.32 Å². The Morgan fingerprint density at radius 3 is 2.20 bits per heavy atom. The van der Waals surface area contributed by atoms with Crippen LogP contribution in [0.15, 0.2) is 36.5 Å². The highest BCUT2D eigenvalue weighted by Crippen LogP contribution is 2.26. The van der Waals surface area contributed by atoms with Gasteiger partial charge in [0.05, 0.1) is 0 Å². The molecule has 0 fully saturated rings. The molecule has 0 saturated heterocycles. The van der Waals surface area contributed by atoms with E-state index in [1.54, 1.807) is 0 Å². The molecule has 20 heavy (non-hydrogen) atoms. The highest BCUT2D eigenvalue weighted by molar-refractivity contribution is 5.25. The molecule has 0 bridgehead atoms. The maximum Gasteiger partial charge on any atom is 0.0321 e. The van der Waals surface area contributed by atoms with Gasteiger partial charge in [0.15, 0.2) is 0 Å². The van der Waals surface area contributed by atoms with Gasteiger partial charge in [0.2, 0.25) is 0 Å². The molecular formula is C19H31N. The number of aryl methyl sites for hydroxylation is 1. The molecule has 1 rings (SSSR count). The molecule has 1 nitrogen and oxygen atoms in total. The second-order valence-corrected chi connectivity index (χ2v) is 7.20. The van der Waals surface area contributed by atoms with Crippen LogP contribution in [0.3, 0.4) is 0 Å². The van der Waals surface area contributed by atoms with Gasteiger partial charge in [-0.3, -0.25) is 0 Å². The topological polar surface area (TPSA) is 12.0 Å². The zero-order chi connectivity index (χ0) is 15.3. The Hall–Kier alpha value is -1.24. The van der Waals surface area contributed by atoms with E-state index >= 15 is 0 Å². The van der Waals surface area contributed by atoms with E-state index in [1.807, 2.05) is 0 Å². The molecule has 1 N–H and O–H groups in total. The van der Waals surface area contributed by atoms with Gasteiger partial charge in [-0.05, 0) is 30.7 Å². The minimum absolute atomic E-state index is 0.287. The fraction of sp³-hybridized carbons (Fsp3) is 0.579. The SMILES string of the molecule is C=C(CC(C)(C)C)N[C@@H](CC)C(C)c1ccc(C)cc1. The van der Waals surface area contributed by atoms with Gasteiger partial charge >= 0.3 is 0 Å². The molecule has 1 unspecified atom stereocenters. The molecular weight excluding hydrogens is 242 g/mol. The quantitative estimate of drug-likeness (QED) is 0.730. The molecule has 1 heteroatoms. The zero-order valence-corrected chi connectivity index (χ0v) is 14.1. The summed E-state index contributed by atoms with van der Waals surface area (Å²) < 4.78 is 0. The Balaban J connectivity index is 2.70. The Morgan fingerprint density at radius 1 is 1.20 bits per heavy atom. The average molecular weight is 273 g/mol. The van der Waals surface area contributed by atoms with E-state index in [4.69, 9.17) is 0 Å². The Labute approximate surface area is 125 Å². The first kappa shape index (κ1) is 16.8. The molecule has 0 aromatic heterocycles. The van der Waals surface area contributed by atoms with Gasteiger partial charge in [0.1, 0.15) is 0 Å². The zero-order valence-electron chi connectivity index (χ0n) is 14.1. The molecule has 0 heterocycles. The first-order chi connectivity index (χ1) is 9.23. The van der Waals surface area contributed by atoms with Crippen LogP contribution >= 0.6 is 0 Å². The van der Waals surface area contributed by atoms with Crippen LogP contribution in [0.5, 0.6) is 0 Å². The summed E-state index contributed by atoms with van der Waals surface area (Å²) in [5.74, 6) is 0.498. The summed E-state index contributed by atoms with van der Waals surface area (Å²) in [5, 5.41) is 3.64. The van der Waals surface area contributed by atoms with Crippen molar-refractivity contribution in [2.24, 2.45) is 5.41 Å². The maximum atomic E-state index is 4.21. The van der Waals surface area contributed by atoms with Gasteiger partial charge in [0.25, 0.3) is 0 Å². The first-order valence-corrected chi connectivity index (χ1v) is 7.74. The normalized spacial score (nSPS) is 14.7. The van der Waals surface area contributed by atoms with E-state index in [1.165, 1.54) is 11.1 Å². The number of hydrogen-bond acceptors (Lipinski definition) is 1. The maximum absolute atomic E-state index is 4.21. The van der Waals surface area contributed by atoms with Gasteiger partial charge in [-0.25, -0.2) is 0 Å². The average Bonchev–Trinajstić information content (AvgIpc) is 2.34. The number of rotatable bonds is 6. The molecule has 0 radical (unpaired) electrons. The second-order valence-electron chi connectivity index (χ2n) is 7.20. The van der Waals surface area contributed by atoms with Crippen molar-refractivity contribution in [3.63, 3.8) is 0 Å². The molecule has 1 aromatic rings.